The zero-order valence-electron chi connectivity index (χ0n) is 15.1. The fourth-order valence-corrected chi connectivity index (χ4v) is 4.28. The molecule has 1 N–H and O–H groups in total. The highest BCUT2D eigenvalue weighted by atomic mass is 32.2. The Bertz CT molecular complexity index is 1060. The lowest BCUT2D eigenvalue weighted by Crippen LogP contribution is -2.36. The molecule has 3 aromatic carbocycles. The highest BCUT2D eigenvalue weighted by Gasteiger charge is 2.29. The number of hydrogen-bond acceptors (Lipinski definition) is 4. The third kappa shape index (κ3) is 3.99. The van der Waals surface area contributed by atoms with Gasteiger partial charge in [-0.25, -0.2) is 8.42 Å². The van der Waals surface area contributed by atoms with E-state index in [9.17, 15) is 18.3 Å². The summed E-state index contributed by atoms with van der Waals surface area (Å²) in [5.74, 6) is -0.742. The van der Waals surface area contributed by atoms with Gasteiger partial charge in [0.05, 0.1) is 17.7 Å². The molecule has 3 rings (SSSR count). The molecule has 28 heavy (non-hydrogen) atoms. The second-order valence-corrected chi connectivity index (χ2v) is 7.83. The minimum absolute atomic E-state index is 0.0163. The van der Waals surface area contributed by atoms with Crippen molar-refractivity contribution in [3.63, 3.8) is 0 Å². The predicted molar refractivity (Wildman–Crippen MR) is 107 cm³/mol. The first-order valence-corrected chi connectivity index (χ1v) is 9.90. The van der Waals surface area contributed by atoms with E-state index in [0.29, 0.717) is 17.0 Å². The summed E-state index contributed by atoms with van der Waals surface area (Å²) in [7, 11) is -2.63. The van der Waals surface area contributed by atoms with Crippen molar-refractivity contribution >= 4 is 21.7 Å². The molecule has 0 aliphatic rings. The molecule has 0 saturated heterocycles. The summed E-state index contributed by atoms with van der Waals surface area (Å²) in [5, 5.41) is 9.37. The van der Waals surface area contributed by atoms with Crippen molar-refractivity contribution in [2.24, 2.45) is 0 Å². The van der Waals surface area contributed by atoms with Gasteiger partial charge in [0, 0.05) is 5.56 Å². The van der Waals surface area contributed by atoms with Crippen molar-refractivity contribution in [3.8, 4) is 16.9 Å². The van der Waals surface area contributed by atoms with Gasteiger partial charge in [0.15, 0.2) is 0 Å². The van der Waals surface area contributed by atoms with E-state index in [1.807, 2.05) is 30.3 Å². The molecule has 144 valence electrons. The molecule has 0 bridgehead atoms. The van der Waals surface area contributed by atoms with Gasteiger partial charge in [-0.05, 0) is 35.9 Å². The first-order valence-electron chi connectivity index (χ1n) is 8.46. The van der Waals surface area contributed by atoms with Gasteiger partial charge in [-0.3, -0.25) is 9.10 Å². The quantitative estimate of drug-likeness (QED) is 0.658. The van der Waals surface area contributed by atoms with Crippen LogP contribution in [0.5, 0.6) is 5.75 Å². The standard InChI is InChI=1S/C21H19NO5S/c1-27-17-11-13-18(14-12-17)28(25,26)22(15-21(23)24)20-10-6-5-9-19(20)16-7-3-2-4-8-16/h2-14H,15H2,1H3,(H,23,24). The molecule has 0 radical (unpaired) electrons. The van der Waals surface area contributed by atoms with E-state index in [1.54, 1.807) is 24.3 Å². The molecule has 7 heteroatoms. The van der Waals surface area contributed by atoms with Gasteiger partial charge in [0.1, 0.15) is 12.3 Å². The number of carboxylic acid groups (broad SMARTS) is 1. The second kappa shape index (κ2) is 8.14. The van der Waals surface area contributed by atoms with Crippen molar-refractivity contribution in [1.82, 2.24) is 0 Å². The van der Waals surface area contributed by atoms with Gasteiger partial charge < -0.3 is 9.84 Å². The van der Waals surface area contributed by atoms with Gasteiger partial charge >= 0.3 is 5.97 Å². The SMILES string of the molecule is COc1ccc(S(=O)(=O)N(CC(=O)O)c2ccccc2-c2ccccc2)cc1. The van der Waals surface area contributed by atoms with Crippen LogP contribution in [0.15, 0.2) is 83.8 Å². The lowest BCUT2D eigenvalue weighted by atomic mass is 10.0. The second-order valence-electron chi connectivity index (χ2n) is 5.96. The fourth-order valence-electron chi connectivity index (χ4n) is 2.85. The summed E-state index contributed by atoms with van der Waals surface area (Å²) in [5.41, 5.74) is 1.71. The van der Waals surface area contributed by atoms with Crippen molar-refractivity contribution in [2.45, 2.75) is 4.90 Å². The Balaban J connectivity index is 2.15. The van der Waals surface area contributed by atoms with E-state index in [4.69, 9.17) is 4.74 Å². The Morgan fingerprint density at radius 3 is 2.14 bits per heavy atom. The largest absolute Gasteiger partial charge is 0.497 e. The molecule has 0 atom stereocenters. The highest BCUT2D eigenvalue weighted by Crippen LogP contribution is 2.34. The van der Waals surface area contributed by atoms with E-state index < -0.39 is 22.5 Å². The van der Waals surface area contributed by atoms with E-state index in [-0.39, 0.29) is 4.90 Å². The van der Waals surface area contributed by atoms with Gasteiger partial charge in [0.25, 0.3) is 10.0 Å². The number of benzene rings is 3. The molecule has 6 nitrogen and oxygen atoms in total. The number of rotatable bonds is 7. The Labute approximate surface area is 163 Å². The molecule has 3 aromatic rings. The van der Waals surface area contributed by atoms with Crippen LogP contribution in [0.25, 0.3) is 11.1 Å². The van der Waals surface area contributed by atoms with Crippen LogP contribution in [0.2, 0.25) is 0 Å². The number of sulfonamides is 1. The van der Waals surface area contributed by atoms with Crippen LogP contribution in [0, 0.1) is 0 Å². The molecular weight excluding hydrogens is 378 g/mol. The van der Waals surface area contributed by atoms with Crippen molar-refractivity contribution in [3.05, 3.63) is 78.9 Å². The molecule has 0 unspecified atom stereocenters. The number of carbonyl (C=O) groups is 1. The first kappa shape index (κ1) is 19.4. The Morgan fingerprint density at radius 1 is 0.929 bits per heavy atom. The first-order chi connectivity index (χ1) is 13.4. The summed E-state index contributed by atoms with van der Waals surface area (Å²) in [6.45, 7) is -0.696. The maximum absolute atomic E-state index is 13.3. The Morgan fingerprint density at radius 2 is 1.54 bits per heavy atom. The highest BCUT2D eigenvalue weighted by molar-refractivity contribution is 7.92. The van der Waals surface area contributed by atoms with Crippen LogP contribution in [0.3, 0.4) is 0 Å². The summed E-state index contributed by atoms with van der Waals surface area (Å²) in [6.07, 6.45) is 0. The maximum atomic E-state index is 13.3. The van der Waals surface area contributed by atoms with Gasteiger partial charge in [-0.2, -0.15) is 0 Å². The van der Waals surface area contributed by atoms with Crippen LogP contribution in [0.1, 0.15) is 0 Å². The normalized spacial score (nSPS) is 11.0. The summed E-state index contributed by atoms with van der Waals surface area (Å²) < 4.78 is 32.5. The van der Waals surface area contributed by atoms with Crippen LogP contribution in [0.4, 0.5) is 5.69 Å². The lowest BCUT2D eigenvalue weighted by Gasteiger charge is -2.25. The number of carboxylic acids is 1. The molecule has 0 aliphatic heterocycles. The number of para-hydroxylation sites is 1. The third-order valence-electron chi connectivity index (χ3n) is 4.18. The molecular formula is C21H19NO5S. The smallest absolute Gasteiger partial charge is 0.324 e. The van der Waals surface area contributed by atoms with E-state index in [2.05, 4.69) is 0 Å². The lowest BCUT2D eigenvalue weighted by molar-refractivity contribution is -0.135. The Hall–Kier alpha value is -3.32. The van der Waals surface area contributed by atoms with Gasteiger partial charge in [-0.1, -0.05) is 48.5 Å². The molecule has 0 spiro atoms. The van der Waals surface area contributed by atoms with Crippen molar-refractivity contribution < 1.29 is 23.1 Å². The van der Waals surface area contributed by atoms with Crippen molar-refractivity contribution in [2.75, 3.05) is 18.0 Å². The topological polar surface area (TPSA) is 83.9 Å². The predicted octanol–water partition coefficient (Wildman–Crippen LogP) is 3.64. The number of methoxy groups -OCH3 is 1. The summed E-state index contributed by atoms with van der Waals surface area (Å²) in [6, 6.07) is 21.9. The third-order valence-corrected chi connectivity index (χ3v) is 5.96. The van der Waals surface area contributed by atoms with Gasteiger partial charge in [-0.15, -0.1) is 0 Å². The number of hydrogen-bond donors (Lipinski definition) is 1. The summed E-state index contributed by atoms with van der Waals surface area (Å²) in [4.78, 5) is 11.5. The van der Waals surface area contributed by atoms with Gasteiger partial charge in [0.2, 0.25) is 0 Å². The van der Waals surface area contributed by atoms with E-state index in [0.717, 1.165) is 9.87 Å². The average Bonchev–Trinajstić information content (AvgIpc) is 2.72. The number of anilines is 1. The molecule has 0 heterocycles. The minimum Gasteiger partial charge on any atom is -0.497 e. The zero-order chi connectivity index (χ0) is 20.1. The molecule has 0 aromatic heterocycles. The molecule has 0 saturated carbocycles. The average molecular weight is 397 g/mol. The van der Waals surface area contributed by atoms with Crippen LogP contribution in [-0.2, 0) is 14.8 Å². The monoisotopic (exact) mass is 397 g/mol. The fraction of sp³-hybridized carbons (Fsp3) is 0.0952. The molecule has 0 aliphatic carbocycles. The van der Waals surface area contributed by atoms with Crippen LogP contribution in [-0.4, -0.2) is 33.1 Å². The van der Waals surface area contributed by atoms with Crippen LogP contribution >= 0.6 is 0 Å². The number of aliphatic carboxylic acids is 1. The van der Waals surface area contributed by atoms with Crippen LogP contribution < -0.4 is 9.04 Å². The zero-order valence-corrected chi connectivity index (χ0v) is 16.0. The van der Waals surface area contributed by atoms with E-state index in [1.165, 1.54) is 31.4 Å². The molecule has 0 amide bonds. The minimum atomic E-state index is -4.11. The van der Waals surface area contributed by atoms with E-state index >= 15 is 0 Å². The Kier molecular flexibility index (Phi) is 5.65. The molecule has 0 fully saturated rings. The summed E-state index contributed by atoms with van der Waals surface area (Å²) >= 11 is 0. The van der Waals surface area contributed by atoms with Crippen molar-refractivity contribution in [1.29, 1.82) is 0 Å². The number of ether oxygens (including phenoxy) is 1. The maximum Gasteiger partial charge on any atom is 0.324 e. The number of nitrogens with zero attached hydrogens (tertiary/aromatic N) is 1.